The van der Waals surface area contributed by atoms with Crippen molar-refractivity contribution in [3.63, 3.8) is 0 Å². The molecule has 0 bridgehead atoms. The summed E-state index contributed by atoms with van der Waals surface area (Å²) >= 11 is 5.93. The van der Waals surface area contributed by atoms with Crippen molar-refractivity contribution in [1.82, 2.24) is 9.55 Å². The van der Waals surface area contributed by atoms with Crippen LogP contribution in [0.2, 0.25) is 0 Å². The van der Waals surface area contributed by atoms with Crippen molar-refractivity contribution in [2.75, 3.05) is 0 Å². The van der Waals surface area contributed by atoms with E-state index in [-0.39, 0.29) is 22.9 Å². The van der Waals surface area contributed by atoms with Gasteiger partial charge in [0.15, 0.2) is 11.7 Å². The number of aryl methyl sites for hydroxylation is 1. The third-order valence-electron chi connectivity index (χ3n) is 5.26. The van der Waals surface area contributed by atoms with Crippen molar-refractivity contribution in [3.05, 3.63) is 63.0 Å². The number of carbonyl (C=O) groups is 1. The quantitative estimate of drug-likeness (QED) is 0.451. The number of hydrogen-bond acceptors (Lipinski definition) is 3. The molecule has 28 heavy (non-hydrogen) atoms. The summed E-state index contributed by atoms with van der Waals surface area (Å²) in [4.78, 5) is 28.8. The second-order valence-electron chi connectivity index (χ2n) is 7.23. The van der Waals surface area contributed by atoms with Gasteiger partial charge in [-0.3, -0.25) is 14.6 Å². The minimum absolute atomic E-state index is 0.137. The number of alkyl halides is 1. The highest BCUT2D eigenvalue weighted by molar-refractivity contribution is 6.16. The van der Waals surface area contributed by atoms with Gasteiger partial charge in [-0.2, -0.15) is 0 Å². The molecule has 0 spiro atoms. The van der Waals surface area contributed by atoms with Crippen molar-refractivity contribution in [3.8, 4) is 11.1 Å². The molecule has 2 aromatic heterocycles. The number of halogens is 2. The number of rotatable bonds is 5. The lowest BCUT2D eigenvalue weighted by Gasteiger charge is -2.19. The van der Waals surface area contributed by atoms with Crippen LogP contribution in [0, 0.1) is 12.7 Å². The number of nitrogens with zero attached hydrogens (tertiary/aromatic N) is 2. The smallest absolute Gasteiger partial charge is 0.200 e. The largest absolute Gasteiger partial charge is 0.341 e. The normalized spacial score (nSPS) is 13.9. The van der Waals surface area contributed by atoms with Crippen LogP contribution in [-0.4, -0.2) is 15.8 Å². The lowest BCUT2D eigenvalue weighted by molar-refractivity contribution is 0.112. The Morgan fingerprint density at radius 1 is 1.29 bits per heavy atom. The second-order valence-corrected chi connectivity index (χ2v) is 7.50. The van der Waals surface area contributed by atoms with Crippen molar-refractivity contribution in [2.45, 2.75) is 45.0 Å². The molecule has 3 aromatic rings. The molecule has 0 unspecified atom stereocenters. The maximum atomic E-state index is 15.0. The van der Waals surface area contributed by atoms with Gasteiger partial charge in [-0.25, -0.2) is 4.39 Å². The van der Waals surface area contributed by atoms with E-state index in [1.165, 1.54) is 6.07 Å². The minimum atomic E-state index is -0.501. The van der Waals surface area contributed by atoms with Gasteiger partial charge < -0.3 is 4.57 Å². The summed E-state index contributed by atoms with van der Waals surface area (Å²) in [5.74, 6) is -0.265. The predicted molar refractivity (Wildman–Crippen MR) is 109 cm³/mol. The Labute approximate surface area is 167 Å². The van der Waals surface area contributed by atoms with Crippen LogP contribution in [-0.2, 0) is 12.3 Å². The molecule has 4 rings (SSSR count). The fourth-order valence-electron chi connectivity index (χ4n) is 3.91. The summed E-state index contributed by atoms with van der Waals surface area (Å²) in [5, 5.41) is 0.246. The highest BCUT2D eigenvalue weighted by Gasteiger charge is 2.29. The van der Waals surface area contributed by atoms with Crippen LogP contribution in [0.3, 0.4) is 0 Å². The van der Waals surface area contributed by atoms with E-state index in [1.54, 1.807) is 18.2 Å². The molecule has 1 aliphatic rings. The zero-order valence-corrected chi connectivity index (χ0v) is 16.5. The van der Waals surface area contributed by atoms with Crippen LogP contribution >= 0.6 is 11.6 Å². The van der Waals surface area contributed by atoms with Crippen molar-refractivity contribution in [2.24, 2.45) is 0 Å². The van der Waals surface area contributed by atoms with E-state index in [1.807, 2.05) is 13.8 Å². The number of pyridine rings is 2. The van der Waals surface area contributed by atoms with Gasteiger partial charge in [-0.15, -0.1) is 11.6 Å². The Bertz CT molecular complexity index is 1170. The molecule has 1 saturated carbocycles. The molecule has 1 aromatic carbocycles. The van der Waals surface area contributed by atoms with E-state index in [0.29, 0.717) is 35.0 Å². The van der Waals surface area contributed by atoms with Gasteiger partial charge >= 0.3 is 0 Å². The number of aromatic nitrogens is 2. The van der Waals surface area contributed by atoms with Crippen LogP contribution in [0.4, 0.5) is 4.39 Å². The third-order valence-corrected chi connectivity index (χ3v) is 5.53. The van der Waals surface area contributed by atoms with Crippen LogP contribution in [0.5, 0.6) is 0 Å². The van der Waals surface area contributed by atoms with Gasteiger partial charge in [0.25, 0.3) is 0 Å². The van der Waals surface area contributed by atoms with Crippen LogP contribution in [0.25, 0.3) is 22.0 Å². The van der Waals surface area contributed by atoms with Crippen molar-refractivity contribution in [1.29, 1.82) is 0 Å². The molecule has 1 fully saturated rings. The molecule has 1 aliphatic carbocycles. The van der Waals surface area contributed by atoms with E-state index < -0.39 is 11.2 Å². The van der Waals surface area contributed by atoms with Crippen molar-refractivity contribution >= 4 is 28.8 Å². The van der Waals surface area contributed by atoms with E-state index in [9.17, 15) is 9.59 Å². The summed E-state index contributed by atoms with van der Waals surface area (Å²) in [7, 11) is 0. The molecule has 4 nitrogen and oxygen atoms in total. The van der Waals surface area contributed by atoms with E-state index in [4.69, 9.17) is 11.6 Å². The van der Waals surface area contributed by atoms with Crippen molar-refractivity contribution < 1.29 is 9.18 Å². The standard InChI is InChI=1S/C22H20ClFN2O2/c1-3-20-18(11-27)22(28)17-8-19(24)16(9-21(17)26(20)15-4-5-15)13-6-12(2)25-14(7-13)10-23/h6-9,11,15H,3-5,10H2,1-2H3. The molecule has 0 aliphatic heterocycles. The summed E-state index contributed by atoms with van der Waals surface area (Å²) in [6.07, 6.45) is 3.14. The maximum absolute atomic E-state index is 15.0. The lowest BCUT2D eigenvalue weighted by Crippen LogP contribution is -2.20. The summed E-state index contributed by atoms with van der Waals surface area (Å²) in [5.41, 5.74) is 3.62. The molecule has 0 saturated heterocycles. The highest BCUT2D eigenvalue weighted by Crippen LogP contribution is 2.40. The van der Waals surface area contributed by atoms with Crippen LogP contribution < -0.4 is 5.43 Å². The number of aldehydes is 1. The highest BCUT2D eigenvalue weighted by atomic mass is 35.5. The first-order chi connectivity index (χ1) is 13.5. The zero-order valence-electron chi connectivity index (χ0n) is 15.8. The Hall–Kier alpha value is -2.53. The lowest BCUT2D eigenvalue weighted by atomic mass is 9.99. The van der Waals surface area contributed by atoms with Gasteiger partial charge in [0, 0.05) is 28.4 Å². The first kappa shape index (κ1) is 18.8. The van der Waals surface area contributed by atoms with Gasteiger partial charge in [-0.05, 0) is 56.0 Å². The topological polar surface area (TPSA) is 52.0 Å². The molecule has 0 N–H and O–H groups in total. The second kappa shape index (κ2) is 7.13. The Morgan fingerprint density at radius 3 is 2.64 bits per heavy atom. The summed E-state index contributed by atoms with van der Waals surface area (Å²) < 4.78 is 17.1. The van der Waals surface area contributed by atoms with E-state index in [2.05, 4.69) is 9.55 Å². The molecule has 6 heteroatoms. The first-order valence-electron chi connectivity index (χ1n) is 9.38. The minimum Gasteiger partial charge on any atom is -0.341 e. The van der Waals surface area contributed by atoms with Crippen LogP contribution in [0.1, 0.15) is 53.2 Å². The summed E-state index contributed by atoms with van der Waals surface area (Å²) in [6, 6.07) is 6.80. The zero-order chi connectivity index (χ0) is 20.0. The molecular formula is C22H20ClFN2O2. The monoisotopic (exact) mass is 398 g/mol. The molecule has 2 heterocycles. The number of fused-ring (bicyclic) bond motifs is 1. The molecule has 144 valence electrons. The Balaban J connectivity index is 2.08. The summed E-state index contributed by atoms with van der Waals surface area (Å²) in [6.45, 7) is 3.76. The maximum Gasteiger partial charge on any atom is 0.200 e. The van der Waals surface area contributed by atoms with E-state index in [0.717, 1.165) is 24.2 Å². The average Bonchev–Trinajstić information content (AvgIpc) is 3.52. The van der Waals surface area contributed by atoms with Gasteiger partial charge in [0.05, 0.1) is 22.7 Å². The fourth-order valence-corrected chi connectivity index (χ4v) is 4.05. The third kappa shape index (κ3) is 3.04. The van der Waals surface area contributed by atoms with Gasteiger partial charge in [0.2, 0.25) is 0 Å². The number of benzene rings is 1. The number of carbonyl (C=O) groups excluding carboxylic acids is 1. The first-order valence-corrected chi connectivity index (χ1v) is 9.91. The Kier molecular flexibility index (Phi) is 4.79. The molecule has 0 atom stereocenters. The van der Waals surface area contributed by atoms with E-state index >= 15 is 4.39 Å². The molecule has 0 amide bonds. The van der Waals surface area contributed by atoms with Gasteiger partial charge in [-0.1, -0.05) is 6.92 Å². The van der Waals surface area contributed by atoms with Gasteiger partial charge in [0.1, 0.15) is 5.82 Å². The fraction of sp³-hybridized carbons (Fsp3) is 0.318. The molecule has 0 radical (unpaired) electrons. The average molecular weight is 399 g/mol. The molecular weight excluding hydrogens is 379 g/mol. The SMILES string of the molecule is CCc1c(C=O)c(=O)c2cc(F)c(-c3cc(C)nc(CCl)c3)cc2n1C1CC1. The predicted octanol–water partition coefficient (Wildman–Crippen LogP) is 4.96. The Morgan fingerprint density at radius 2 is 2.04 bits per heavy atom. The van der Waals surface area contributed by atoms with Crippen LogP contribution in [0.15, 0.2) is 29.1 Å². The number of hydrogen-bond donors (Lipinski definition) is 0.